The minimum Gasteiger partial charge on any atom is -0.299 e. The fourth-order valence-corrected chi connectivity index (χ4v) is 1.96. The summed E-state index contributed by atoms with van der Waals surface area (Å²) in [4.78, 5) is 11.5. The van der Waals surface area contributed by atoms with E-state index in [1.807, 2.05) is 13.8 Å². The second-order valence-electron chi connectivity index (χ2n) is 5.87. The van der Waals surface area contributed by atoms with Crippen molar-refractivity contribution in [2.75, 3.05) is 0 Å². The summed E-state index contributed by atoms with van der Waals surface area (Å²) in [6, 6.07) is 8.66. The highest BCUT2D eigenvalue weighted by atomic mass is 16.1. The van der Waals surface area contributed by atoms with Crippen LogP contribution in [0.4, 0.5) is 0 Å². The molecule has 1 aromatic rings. The molecule has 0 aliphatic heterocycles. The minimum atomic E-state index is 0.139. The Balaban J connectivity index is 2.72. The number of rotatable bonds is 4. The van der Waals surface area contributed by atoms with E-state index in [1.54, 1.807) is 0 Å². The summed E-state index contributed by atoms with van der Waals surface area (Å²) < 4.78 is 0. The quantitative estimate of drug-likeness (QED) is 0.762. The van der Waals surface area contributed by atoms with Gasteiger partial charge in [-0.3, -0.25) is 4.79 Å². The molecular formula is C16H24O. The zero-order valence-electron chi connectivity index (χ0n) is 11.7. The number of ketones is 1. The lowest BCUT2D eigenvalue weighted by Gasteiger charge is -2.19. The first-order chi connectivity index (χ1) is 7.84. The first-order valence-electron chi connectivity index (χ1n) is 6.46. The molecule has 0 N–H and O–H groups in total. The van der Waals surface area contributed by atoms with Crippen LogP contribution in [0.25, 0.3) is 0 Å². The van der Waals surface area contributed by atoms with Crippen molar-refractivity contribution in [3.8, 4) is 0 Å². The third kappa shape index (κ3) is 3.99. The standard InChI is InChI=1S/C16H24O/c1-6-15(17)12(2)11-13-7-9-14(10-8-13)16(3,4)5/h7-10,12H,6,11H2,1-5H3. The van der Waals surface area contributed by atoms with Gasteiger partial charge in [-0.2, -0.15) is 0 Å². The molecule has 0 radical (unpaired) electrons. The first kappa shape index (κ1) is 14.0. The Bertz CT molecular complexity index is 368. The summed E-state index contributed by atoms with van der Waals surface area (Å²) in [6.45, 7) is 10.6. The molecule has 0 bridgehead atoms. The van der Waals surface area contributed by atoms with Crippen molar-refractivity contribution in [2.24, 2.45) is 5.92 Å². The normalized spacial score (nSPS) is 13.5. The maximum absolute atomic E-state index is 11.5. The van der Waals surface area contributed by atoms with E-state index in [-0.39, 0.29) is 11.3 Å². The summed E-state index contributed by atoms with van der Waals surface area (Å²) in [5.41, 5.74) is 2.80. The highest BCUT2D eigenvalue weighted by molar-refractivity contribution is 5.80. The average Bonchev–Trinajstić information content (AvgIpc) is 2.27. The van der Waals surface area contributed by atoms with Gasteiger partial charge < -0.3 is 0 Å². The summed E-state index contributed by atoms with van der Waals surface area (Å²) in [6.07, 6.45) is 1.50. The predicted molar refractivity (Wildman–Crippen MR) is 73.3 cm³/mol. The highest BCUT2D eigenvalue weighted by Gasteiger charge is 2.14. The molecule has 1 rings (SSSR count). The molecule has 1 atom stereocenters. The lowest BCUT2D eigenvalue weighted by atomic mass is 9.86. The van der Waals surface area contributed by atoms with Crippen molar-refractivity contribution in [1.29, 1.82) is 0 Å². The second-order valence-corrected chi connectivity index (χ2v) is 5.87. The Morgan fingerprint density at radius 2 is 1.71 bits per heavy atom. The highest BCUT2D eigenvalue weighted by Crippen LogP contribution is 2.23. The van der Waals surface area contributed by atoms with Gasteiger partial charge in [0, 0.05) is 12.3 Å². The Morgan fingerprint density at radius 1 is 1.18 bits per heavy atom. The van der Waals surface area contributed by atoms with Crippen molar-refractivity contribution >= 4 is 5.78 Å². The molecule has 17 heavy (non-hydrogen) atoms. The number of carbonyl (C=O) groups excluding carboxylic acids is 1. The Kier molecular flexibility index (Phi) is 4.50. The molecule has 1 unspecified atom stereocenters. The topological polar surface area (TPSA) is 17.1 Å². The monoisotopic (exact) mass is 232 g/mol. The van der Waals surface area contributed by atoms with E-state index in [9.17, 15) is 4.79 Å². The molecular weight excluding hydrogens is 208 g/mol. The van der Waals surface area contributed by atoms with E-state index in [1.165, 1.54) is 11.1 Å². The molecule has 0 saturated carbocycles. The van der Waals surface area contributed by atoms with Gasteiger partial charge >= 0.3 is 0 Å². The van der Waals surface area contributed by atoms with Crippen molar-refractivity contribution < 1.29 is 4.79 Å². The Hall–Kier alpha value is -1.11. The van der Waals surface area contributed by atoms with Crippen LogP contribution in [-0.4, -0.2) is 5.78 Å². The van der Waals surface area contributed by atoms with Crippen LogP contribution < -0.4 is 0 Å². The van der Waals surface area contributed by atoms with Crippen LogP contribution in [0.1, 0.15) is 52.2 Å². The summed E-state index contributed by atoms with van der Waals surface area (Å²) in [5.74, 6) is 0.491. The van der Waals surface area contributed by atoms with Gasteiger partial charge in [0.2, 0.25) is 0 Å². The van der Waals surface area contributed by atoms with Crippen LogP contribution >= 0.6 is 0 Å². The van der Waals surface area contributed by atoms with E-state index in [4.69, 9.17) is 0 Å². The molecule has 1 heteroatoms. The molecule has 0 aliphatic carbocycles. The number of benzene rings is 1. The second kappa shape index (κ2) is 5.48. The van der Waals surface area contributed by atoms with Crippen molar-refractivity contribution in [2.45, 2.75) is 52.9 Å². The van der Waals surface area contributed by atoms with Crippen molar-refractivity contribution in [1.82, 2.24) is 0 Å². The van der Waals surface area contributed by atoms with Gasteiger partial charge in [0.25, 0.3) is 0 Å². The molecule has 0 spiro atoms. The maximum atomic E-state index is 11.5. The third-order valence-electron chi connectivity index (χ3n) is 3.26. The molecule has 0 saturated heterocycles. The summed E-state index contributed by atoms with van der Waals surface area (Å²) >= 11 is 0. The van der Waals surface area contributed by atoms with Gasteiger partial charge in [-0.25, -0.2) is 0 Å². The van der Waals surface area contributed by atoms with Crippen molar-refractivity contribution in [3.05, 3.63) is 35.4 Å². The van der Waals surface area contributed by atoms with Gasteiger partial charge in [-0.1, -0.05) is 58.9 Å². The number of carbonyl (C=O) groups is 1. The lowest BCUT2D eigenvalue weighted by molar-refractivity contribution is -0.122. The maximum Gasteiger partial charge on any atom is 0.135 e. The molecule has 0 heterocycles. The molecule has 0 aliphatic rings. The average molecular weight is 232 g/mol. The van der Waals surface area contributed by atoms with E-state index in [2.05, 4.69) is 45.0 Å². The van der Waals surface area contributed by atoms with Gasteiger partial charge in [0.15, 0.2) is 0 Å². The van der Waals surface area contributed by atoms with Crippen LogP contribution in [0.3, 0.4) is 0 Å². The molecule has 1 aromatic carbocycles. The van der Waals surface area contributed by atoms with Gasteiger partial charge in [-0.15, -0.1) is 0 Å². The SMILES string of the molecule is CCC(=O)C(C)Cc1ccc(C(C)(C)C)cc1. The van der Waals surface area contributed by atoms with E-state index >= 15 is 0 Å². The molecule has 0 amide bonds. The van der Waals surface area contributed by atoms with E-state index in [0.717, 1.165) is 6.42 Å². The van der Waals surface area contributed by atoms with E-state index < -0.39 is 0 Å². The largest absolute Gasteiger partial charge is 0.299 e. The van der Waals surface area contributed by atoms with Crippen LogP contribution in [0, 0.1) is 5.92 Å². The Labute approximate surface area is 105 Å². The number of Topliss-reactive ketones (excluding diaryl/α,β-unsaturated/α-hetero) is 1. The zero-order valence-corrected chi connectivity index (χ0v) is 11.7. The fraction of sp³-hybridized carbons (Fsp3) is 0.562. The third-order valence-corrected chi connectivity index (χ3v) is 3.26. The van der Waals surface area contributed by atoms with Gasteiger partial charge in [-0.05, 0) is 23.0 Å². The Morgan fingerprint density at radius 3 is 2.12 bits per heavy atom. The van der Waals surface area contributed by atoms with Crippen molar-refractivity contribution in [3.63, 3.8) is 0 Å². The molecule has 1 nitrogen and oxygen atoms in total. The van der Waals surface area contributed by atoms with Crippen LogP contribution in [0.5, 0.6) is 0 Å². The summed E-state index contributed by atoms with van der Waals surface area (Å²) in [5, 5.41) is 0. The first-order valence-corrected chi connectivity index (χ1v) is 6.46. The van der Waals surface area contributed by atoms with Crippen LogP contribution in [0.15, 0.2) is 24.3 Å². The number of hydrogen-bond acceptors (Lipinski definition) is 1. The van der Waals surface area contributed by atoms with Crippen LogP contribution in [0.2, 0.25) is 0 Å². The molecule has 94 valence electrons. The summed E-state index contributed by atoms with van der Waals surface area (Å²) in [7, 11) is 0. The number of hydrogen-bond donors (Lipinski definition) is 0. The zero-order chi connectivity index (χ0) is 13.1. The predicted octanol–water partition coefficient (Wildman–Crippen LogP) is 4.14. The van der Waals surface area contributed by atoms with E-state index in [0.29, 0.717) is 12.2 Å². The van der Waals surface area contributed by atoms with Gasteiger partial charge in [0.05, 0.1) is 0 Å². The fourth-order valence-electron chi connectivity index (χ4n) is 1.96. The van der Waals surface area contributed by atoms with Crippen LogP contribution in [-0.2, 0) is 16.6 Å². The molecule has 0 fully saturated rings. The minimum absolute atomic E-state index is 0.139. The smallest absolute Gasteiger partial charge is 0.135 e. The molecule has 0 aromatic heterocycles. The van der Waals surface area contributed by atoms with Gasteiger partial charge in [0.1, 0.15) is 5.78 Å². The lowest BCUT2D eigenvalue weighted by Crippen LogP contribution is -2.13.